The summed E-state index contributed by atoms with van der Waals surface area (Å²) >= 11 is 0. The van der Waals surface area contributed by atoms with E-state index < -0.39 is 17.5 Å². The molecule has 0 aliphatic carbocycles. The number of carbonyl (C=O) groups is 2. The van der Waals surface area contributed by atoms with Crippen molar-refractivity contribution >= 4 is 28.3 Å². The lowest BCUT2D eigenvalue weighted by atomic mass is 10.0. The first kappa shape index (κ1) is 20.8. The maximum absolute atomic E-state index is 14.2. The molecule has 0 saturated carbocycles. The fourth-order valence-electron chi connectivity index (χ4n) is 3.92. The van der Waals surface area contributed by atoms with Crippen LogP contribution in [0.3, 0.4) is 0 Å². The van der Waals surface area contributed by atoms with Gasteiger partial charge in [0, 0.05) is 43.3 Å². The molecular formula is C24H18FN5O2. The van der Waals surface area contributed by atoms with E-state index in [2.05, 4.69) is 4.98 Å². The molecule has 1 amide bonds. The number of nitrogens with zero attached hydrogens (tertiary/aromatic N) is 4. The molecule has 0 bridgehead atoms. The Hall–Kier alpha value is -4.43. The van der Waals surface area contributed by atoms with Gasteiger partial charge in [0.2, 0.25) is 0 Å². The predicted octanol–water partition coefficient (Wildman–Crippen LogP) is 3.09. The monoisotopic (exact) mass is 427 g/mol. The third-order valence-corrected chi connectivity index (χ3v) is 5.48. The number of aromatic nitrogens is 1. The first-order valence-electron chi connectivity index (χ1n) is 9.99. The molecule has 7 nitrogen and oxygen atoms in total. The summed E-state index contributed by atoms with van der Waals surface area (Å²) in [4.78, 5) is 31.8. The standard InChI is InChI=1S/C24H18FN5O2/c25-19-7-4-8-20-21(19)18(15-28-20)23(31)24(32)30-11-9-29(10-12-30)22(17(13-26)14-27)16-5-2-1-3-6-16/h1-8,15,28H,9-12H2. The van der Waals surface area contributed by atoms with Gasteiger partial charge in [0.05, 0.1) is 11.3 Å². The Labute approximate surface area is 183 Å². The maximum atomic E-state index is 14.2. The zero-order valence-electron chi connectivity index (χ0n) is 17.0. The maximum Gasteiger partial charge on any atom is 0.295 e. The number of piperazine rings is 1. The molecule has 1 saturated heterocycles. The summed E-state index contributed by atoms with van der Waals surface area (Å²) in [6.07, 6.45) is 1.35. The van der Waals surface area contributed by atoms with Crippen LogP contribution >= 0.6 is 0 Å². The van der Waals surface area contributed by atoms with Crippen LogP contribution in [0.15, 0.2) is 60.3 Å². The van der Waals surface area contributed by atoms with Gasteiger partial charge >= 0.3 is 0 Å². The molecule has 3 aromatic rings. The molecular weight excluding hydrogens is 409 g/mol. The van der Waals surface area contributed by atoms with Gasteiger partial charge in [0.15, 0.2) is 5.57 Å². The number of halogens is 1. The molecule has 1 N–H and O–H groups in total. The van der Waals surface area contributed by atoms with Crippen molar-refractivity contribution in [3.63, 3.8) is 0 Å². The smallest absolute Gasteiger partial charge is 0.295 e. The average Bonchev–Trinajstić information content (AvgIpc) is 3.28. The van der Waals surface area contributed by atoms with E-state index in [-0.39, 0.29) is 29.6 Å². The van der Waals surface area contributed by atoms with Crippen molar-refractivity contribution in [2.24, 2.45) is 0 Å². The molecule has 1 aliphatic heterocycles. The number of fused-ring (bicyclic) bond motifs is 1. The van der Waals surface area contributed by atoms with Gasteiger partial charge in [-0.25, -0.2) is 4.39 Å². The molecule has 1 aromatic heterocycles. The second-order valence-corrected chi connectivity index (χ2v) is 7.29. The van der Waals surface area contributed by atoms with Crippen LogP contribution in [0.25, 0.3) is 16.6 Å². The number of ketones is 1. The van der Waals surface area contributed by atoms with Gasteiger partial charge in [-0.2, -0.15) is 10.5 Å². The first-order valence-corrected chi connectivity index (χ1v) is 9.99. The number of nitriles is 2. The van der Waals surface area contributed by atoms with Crippen molar-refractivity contribution < 1.29 is 14.0 Å². The van der Waals surface area contributed by atoms with Crippen LogP contribution in [-0.4, -0.2) is 52.7 Å². The molecule has 0 spiro atoms. The molecule has 1 fully saturated rings. The number of nitrogens with one attached hydrogen (secondary N) is 1. The van der Waals surface area contributed by atoms with Gasteiger partial charge in [-0.15, -0.1) is 0 Å². The molecule has 2 heterocycles. The third kappa shape index (κ3) is 3.70. The summed E-state index contributed by atoms with van der Waals surface area (Å²) in [6.45, 7) is 1.16. The average molecular weight is 427 g/mol. The minimum absolute atomic E-state index is 0.00615. The van der Waals surface area contributed by atoms with Crippen LogP contribution in [0.5, 0.6) is 0 Å². The number of rotatable bonds is 4. The molecule has 32 heavy (non-hydrogen) atoms. The van der Waals surface area contributed by atoms with Crippen molar-refractivity contribution in [3.05, 3.63) is 77.2 Å². The minimum atomic E-state index is -0.775. The van der Waals surface area contributed by atoms with E-state index in [0.29, 0.717) is 24.3 Å². The Morgan fingerprint density at radius 3 is 2.22 bits per heavy atom. The van der Waals surface area contributed by atoms with Crippen LogP contribution in [-0.2, 0) is 4.79 Å². The number of Topliss-reactive ketones (excluding diaryl/α,β-unsaturated/α-hetero) is 1. The quantitative estimate of drug-likeness (QED) is 0.391. The van der Waals surface area contributed by atoms with Crippen LogP contribution < -0.4 is 0 Å². The molecule has 8 heteroatoms. The molecule has 0 unspecified atom stereocenters. The topological polar surface area (TPSA) is 104 Å². The molecule has 1 aliphatic rings. The highest BCUT2D eigenvalue weighted by Gasteiger charge is 2.30. The number of carbonyl (C=O) groups excluding carboxylic acids is 2. The fourth-order valence-corrected chi connectivity index (χ4v) is 3.92. The lowest BCUT2D eigenvalue weighted by Crippen LogP contribution is -2.50. The van der Waals surface area contributed by atoms with Crippen molar-refractivity contribution in [2.45, 2.75) is 0 Å². The Kier molecular flexibility index (Phi) is 5.69. The van der Waals surface area contributed by atoms with Gasteiger partial charge in [-0.05, 0) is 17.7 Å². The minimum Gasteiger partial charge on any atom is -0.366 e. The van der Waals surface area contributed by atoms with E-state index in [1.807, 2.05) is 47.4 Å². The highest BCUT2D eigenvalue weighted by Crippen LogP contribution is 2.26. The molecule has 4 rings (SSSR count). The highest BCUT2D eigenvalue weighted by atomic mass is 19.1. The van der Waals surface area contributed by atoms with Gasteiger partial charge in [-0.1, -0.05) is 36.4 Å². The lowest BCUT2D eigenvalue weighted by molar-refractivity contribution is -0.127. The molecule has 0 atom stereocenters. The van der Waals surface area contributed by atoms with Gasteiger partial charge in [0.25, 0.3) is 11.7 Å². The number of amides is 1. The molecule has 0 radical (unpaired) electrons. The Morgan fingerprint density at radius 2 is 1.56 bits per heavy atom. The largest absolute Gasteiger partial charge is 0.366 e. The van der Waals surface area contributed by atoms with E-state index in [4.69, 9.17) is 0 Å². The van der Waals surface area contributed by atoms with Gasteiger partial charge in [-0.3, -0.25) is 9.59 Å². The van der Waals surface area contributed by atoms with Crippen molar-refractivity contribution in [3.8, 4) is 12.1 Å². The number of aromatic amines is 1. The SMILES string of the molecule is N#CC(C#N)=C(c1ccccc1)N1CCN(C(=O)C(=O)c2c[nH]c3cccc(F)c23)CC1. The van der Waals surface area contributed by atoms with Crippen LogP contribution in [0.4, 0.5) is 4.39 Å². The number of allylic oxidation sites excluding steroid dienone is 1. The van der Waals surface area contributed by atoms with E-state index in [1.54, 1.807) is 6.07 Å². The first-order chi connectivity index (χ1) is 15.5. The predicted molar refractivity (Wildman–Crippen MR) is 115 cm³/mol. The van der Waals surface area contributed by atoms with Crippen LogP contribution in [0, 0.1) is 28.5 Å². The summed E-state index contributed by atoms with van der Waals surface area (Å²) in [5.41, 5.74) is 1.68. The summed E-state index contributed by atoms with van der Waals surface area (Å²) in [6, 6.07) is 17.4. The van der Waals surface area contributed by atoms with Gasteiger partial charge in [0.1, 0.15) is 18.0 Å². The summed E-state index contributed by atoms with van der Waals surface area (Å²) in [5.74, 6) is -2.05. The lowest BCUT2D eigenvalue weighted by Gasteiger charge is -2.37. The van der Waals surface area contributed by atoms with Gasteiger partial charge < -0.3 is 14.8 Å². The normalized spacial score (nSPS) is 13.3. The number of H-pyrrole nitrogens is 1. The van der Waals surface area contributed by atoms with Crippen LogP contribution in [0.2, 0.25) is 0 Å². The van der Waals surface area contributed by atoms with Crippen LogP contribution in [0.1, 0.15) is 15.9 Å². The third-order valence-electron chi connectivity index (χ3n) is 5.48. The second-order valence-electron chi connectivity index (χ2n) is 7.29. The van der Waals surface area contributed by atoms with E-state index in [9.17, 15) is 24.5 Å². The zero-order valence-corrected chi connectivity index (χ0v) is 17.0. The summed E-state index contributed by atoms with van der Waals surface area (Å²) < 4.78 is 14.2. The number of hydrogen-bond acceptors (Lipinski definition) is 5. The second kappa shape index (κ2) is 8.75. The Bertz CT molecular complexity index is 1290. The number of benzene rings is 2. The number of hydrogen-bond donors (Lipinski definition) is 1. The van der Waals surface area contributed by atoms with Crippen molar-refractivity contribution in [1.82, 2.24) is 14.8 Å². The fraction of sp³-hybridized carbons (Fsp3) is 0.167. The van der Waals surface area contributed by atoms with Crippen molar-refractivity contribution in [1.29, 1.82) is 10.5 Å². The Morgan fingerprint density at radius 1 is 0.906 bits per heavy atom. The highest BCUT2D eigenvalue weighted by molar-refractivity contribution is 6.44. The summed E-state index contributed by atoms with van der Waals surface area (Å²) in [5, 5.41) is 18.9. The van der Waals surface area contributed by atoms with E-state index in [1.165, 1.54) is 23.2 Å². The molecule has 158 valence electrons. The zero-order chi connectivity index (χ0) is 22.7. The van der Waals surface area contributed by atoms with E-state index in [0.717, 1.165) is 5.56 Å². The molecule has 2 aromatic carbocycles. The summed E-state index contributed by atoms with van der Waals surface area (Å²) in [7, 11) is 0. The van der Waals surface area contributed by atoms with E-state index >= 15 is 0 Å². The van der Waals surface area contributed by atoms with Crippen molar-refractivity contribution in [2.75, 3.05) is 26.2 Å². The Balaban J connectivity index is 1.53.